The number of aromatic nitrogens is 5. The Morgan fingerprint density at radius 3 is 0.878 bits per heavy atom. The lowest BCUT2D eigenvalue weighted by molar-refractivity contribution is 1.07. The van der Waals surface area contributed by atoms with Crippen LogP contribution in [0.3, 0.4) is 0 Å². The maximum atomic E-state index is 10.2. The van der Waals surface area contributed by atoms with Crippen LogP contribution in [0, 0.1) is 34.0 Å². The molecule has 0 unspecified atom stereocenters. The summed E-state index contributed by atoms with van der Waals surface area (Å²) in [6, 6.07) is 120. The Morgan fingerprint density at radius 2 is 0.510 bits per heavy atom. The highest BCUT2D eigenvalue weighted by atomic mass is 15.0. The topological polar surface area (TPSA) is 120 Å². The lowest BCUT2D eigenvalue weighted by Gasteiger charge is -2.17. The van der Waals surface area contributed by atoms with Crippen LogP contribution >= 0.6 is 0 Å². The molecule has 98 heavy (non-hydrogen) atoms. The summed E-state index contributed by atoms with van der Waals surface area (Å²) in [7, 11) is 0. The van der Waals surface area contributed by atoms with E-state index in [9.17, 15) is 15.8 Å². The molecule has 3 aromatic heterocycles. The maximum Gasteiger partial charge on any atom is 0.164 e. The van der Waals surface area contributed by atoms with E-state index in [4.69, 9.17) is 15.0 Å². The molecule has 454 valence electrons. The third-order valence-electron chi connectivity index (χ3n) is 18.6. The van der Waals surface area contributed by atoms with Crippen LogP contribution in [0.4, 0.5) is 0 Å². The summed E-state index contributed by atoms with van der Waals surface area (Å²) in [5.41, 5.74) is 23.9. The molecule has 3 heterocycles. The number of hydrogen-bond acceptors (Lipinski definition) is 6. The largest absolute Gasteiger partial charge is 0.309 e. The minimum atomic E-state index is 0.421. The lowest BCUT2D eigenvalue weighted by Crippen LogP contribution is -2.03. The quantitative estimate of drug-likeness (QED) is 0.120. The first-order valence-corrected chi connectivity index (χ1v) is 32.5. The molecule has 0 bridgehead atoms. The van der Waals surface area contributed by atoms with Gasteiger partial charge in [-0.2, -0.15) is 15.8 Å². The van der Waals surface area contributed by atoms with E-state index >= 15 is 0 Å². The van der Waals surface area contributed by atoms with Gasteiger partial charge in [-0.15, -0.1) is 0 Å². The Kier molecular flexibility index (Phi) is 14.5. The zero-order valence-electron chi connectivity index (χ0n) is 52.8. The van der Waals surface area contributed by atoms with Crippen molar-refractivity contribution in [1.82, 2.24) is 24.1 Å². The predicted molar refractivity (Wildman–Crippen MR) is 397 cm³/mol. The van der Waals surface area contributed by atoms with Crippen molar-refractivity contribution in [2.24, 2.45) is 0 Å². The first-order valence-electron chi connectivity index (χ1n) is 32.5. The van der Waals surface area contributed by atoms with Crippen molar-refractivity contribution < 1.29 is 0 Å². The molecule has 0 aliphatic heterocycles. The number of rotatable bonds is 12. The third-order valence-corrected chi connectivity index (χ3v) is 18.6. The molecule has 0 radical (unpaired) electrons. The monoisotopic (exact) mass is 1250 g/mol. The van der Waals surface area contributed by atoms with Gasteiger partial charge in [-0.3, -0.25) is 0 Å². The third kappa shape index (κ3) is 10.7. The molecule has 0 saturated carbocycles. The molecule has 17 rings (SSSR count). The molecule has 0 atom stereocenters. The van der Waals surface area contributed by atoms with Crippen LogP contribution in [0.2, 0.25) is 0 Å². The first kappa shape index (κ1) is 58.0. The molecular weight excluding hydrogens is 1190 g/mol. The van der Waals surface area contributed by atoms with E-state index in [1.54, 1.807) is 0 Å². The van der Waals surface area contributed by atoms with Crippen LogP contribution in [0.1, 0.15) is 16.7 Å². The molecule has 8 heteroatoms. The molecule has 0 saturated heterocycles. The van der Waals surface area contributed by atoms with Crippen LogP contribution in [-0.2, 0) is 0 Å². The summed E-state index contributed by atoms with van der Waals surface area (Å²) in [6.45, 7) is 0. The fourth-order valence-corrected chi connectivity index (χ4v) is 13.8. The Balaban J connectivity index is 0.934. The fraction of sp³-hybridized carbons (Fsp3) is 0. The molecule has 17 aromatic rings. The van der Waals surface area contributed by atoms with Gasteiger partial charge < -0.3 is 9.13 Å². The second-order valence-electron chi connectivity index (χ2n) is 24.5. The summed E-state index contributed by atoms with van der Waals surface area (Å²) < 4.78 is 4.69. The fourth-order valence-electron chi connectivity index (χ4n) is 13.8. The number of benzene rings is 14. The van der Waals surface area contributed by atoms with E-state index in [1.165, 1.54) is 0 Å². The van der Waals surface area contributed by atoms with Gasteiger partial charge >= 0.3 is 0 Å². The normalized spacial score (nSPS) is 11.2. The van der Waals surface area contributed by atoms with Crippen molar-refractivity contribution in [3.63, 3.8) is 0 Å². The lowest BCUT2D eigenvalue weighted by atomic mass is 9.97. The van der Waals surface area contributed by atoms with Crippen LogP contribution in [-0.4, -0.2) is 24.1 Å². The van der Waals surface area contributed by atoms with Crippen LogP contribution in [0.15, 0.2) is 328 Å². The van der Waals surface area contributed by atoms with Gasteiger partial charge in [0.15, 0.2) is 17.5 Å². The smallest absolute Gasteiger partial charge is 0.164 e. The second kappa shape index (κ2) is 24.6. The number of fused-ring (bicyclic) bond motifs is 6. The predicted octanol–water partition coefficient (Wildman–Crippen LogP) is 22.4. The number of hydrogen-bond donors (Lipinski definition) is 0. The van der Waals surface area contributed by atoms with E-state index in [-0.39, 0.29) is 0 Å². The van der Waals surface area contributed by atoms with E-state index < -0.39 is 0 Å². The Labute approximate surface area is 566 Å². The summed E-state index contributed by atoms with van der Waals surface area (Å²) in [6.07, 6.45) is 0. The Morgan fingerprint density at radius 1 is 0.204 bits per heavy atom. The standard InChI is InChI=1S/C90H54N8/c91-55-58-28-32-65(33-29-58)72-45-74(49-76(47-72)97-84-40-36-67(61-17-5-1-6-18-61)51-80(84)81-52-68(37-41-85(81)97)62-19-7-2-8-20-62)88-94-89(96-90(95-88)79-27-14-13-26-78(79)71-25-15-16-60(44-71)57-93)75-46-73(66-34-30-59(56-92)31-35-66)48-77(50-75)98-86-42-38-69(63-21-9-3-10-22-63)53-82(86)83-54-70(39-43-87(83)98)64-23-11-4-12-24-64/h1-54H. The van der Waals surface area contributed by atoms with Crippen molar-refractivity contribution in [2.45, 2.75) is 0 Å². The zero-order valence-corrected chi connectivity index (χ0v) is 52.8. The van der Waals surface area contributed by atoms with Crippen molar-refractivity contribution in [1.29, 1.82) is 15.8 Å². The average Bonchev–Trinajstić information content (AvgIpc) is 1.56. The van der Waals surface area contributed by atoms with E-state index in [0.29, 0.717) is 34.2 Å². The summed E-state index contributed by atoms with van der Waals surface area (Å²) in [5.74, 6) is 1.27. The van der Waals surface area contributed by atoms with Crippen LogP contribution in [0.25, 0.3) is 167 Å². The van der Waals surface area contributed by atoms with Gasteiger partial charge in [0, 0.05) is 49.6 Å². The molecule has 0 spiro atoms. The van der Waals surface area contributed by atoms with E-state index in [1.807, 2.05) is 121 Å². The molecule has 0 aliphatic carbocycles. The minimum absolute atomic E-state index is 0.421. The van der Waals surface area contributed by atoms with Crippen molar-refractivity contribution in [2.75, 3.05) is 0 Å². The van der Waals surface area contributed by atoms with Gasteiger partial charge in [-0.1, -0.05) is 206 Å². The van der Waals surface area contributed by atoms with Gasteiger partial charge in [-0.05, 0) is 199 Å². The minimum Gasteiger partial charge on any atom is -0.309 e. The Bertz CT molecular complexity index is 5590. The highest BCUT2D eigenvalue weighted by Crippen LogP contribution is 2.43. The number of nitrogens with zero attached hydrogens (tertiary/aromatic N) is 8. The average molecular weight is 1250 g/mol. The molecular formula is C90H54N8. The highest BCUT2D eigenvalue weighted by molar-refractivity contribution is 6.13. The second-order valence-corrected chi connectivity index (χ2v) is 24.5. The molecule has 0 amide bonds. The van der Waals surface area contributed by atoms with E-state index in [2.05, 4.69) is 234 Å². The van der Waals surface area contributed by atoms with Gasteiger partial charge in [0.05, 0.1) is 57.0 Å². The van der Waals surface area contributed by atoms with Crippen molar-refractivity contribution in [3.8, 4) is 142 Å². The van der Waals surface area contributed by atoms with Crippen LogP contribution < -0.4 is 0 Å². The van der Waals surface area contributed by atoms with Gasteiger partial charge in [0.1, 0.15) is 0 Å². The van der Waals surface area contributed by atoms with Gasteiger partial charge in [0.2, 0.25) is 0 Å². The molecule has 14 aromatic carbocycles. The summed E-state index contributed by atoms with van der Waals surface area (Å²) in [5, 5.41) is 34.7. The van der Waals surface area contributed by atoms with Gasteiger partial charge in [-0.25, -0.2) is 15.0 Å². The molecule has 8 nitrogen and oxygen atoms in total. The van der Waals surface area contributed by atoms with Crippen molar-refractivity contribution in [3.05, 3.63) is 344 Å². The molecule has 0 fully saturated rings. The van der Waals surface area contributed by atoms with Crippen molar-refractivity contribution >= 4 is 43.6 Å². The van der Waals surface area contributed by atoms with Gasteiger partial charge in [0.25, 0.3) is 0 Å². The highest BCUT2D eigenvalue weighted by Gasteiger charge is 2.23. The number of nitriles is 3. The summed E-state index contributed by atoms with van der Waals surface area (Å²) >= 11 is 0. The Hall–Kier alpha value is -13.8. The maximum absolute atomic E-state index is 10.2. The molecule has 0 aliphatic rings. The summed E-state index contributed by atoms with van der Waals surface area (Å²) in [4.78, 5) is 16.8. The molecule has 0 N–H and O–H groups in total. The SMILES string of the molecule is N#Cc1ccc(-c2cc(-c3nc(-c4cc(-c5ccc(C#N)cc5)cc(-n5c6ccc(-c7ccccc7)cc6c6cc(-c7ccccc7)ccc65)c4)nc(-c4ccccc4-c4cccc(C#N)c4)n3)cc(-n3c4ccc(-c5ccccc5)cc4c4cc(-c5ccccc5)ccc43)c2)cc1. The van der Waals surface area contributed by atoms with Crippen LogP contribution in [0.5, 0.6) is 0 Å². The zero-order chi connectivity index (χ0) is 65.6. The first-order chi connectivity index (χ1) is 48.4. The van der Waals surface area contributed by atoms with E-state index in [0.717, 1.165) is 150 Å².